The largest absolute Gasteiger partial charge is 0.478 e. The zero-order chi connectivity index (χ0) is 11.6. The van der Waals surface area contributed by atoms with Crippen molar-refractivity contribution in [2.24, 2.45) is 0 Å². The van der Waals surface area contributed by atoms with Crippen LogP contribution in [0.5, 0.6) is 0 Å². The van der Waals surface area contributed by atoms with Crippen LogP contribution in [0.2, 0.25) is 0 Å². The average molecular weight is 211 g/mol. The van der Waals surface area contributed by atoms with Gasteiger partial charge in [-0.1, -0.05) is 0 Å². The molecule has 3 nitrogen and oxygen atoms in total. The highest BCUT2D eigenvalue weighted by molar-refractivity contribution is 5.90. The number of rotatable bonds is 2. The van der Waals surface area contributed by atoms with Gasteiger partial charge in [0.1, 0.15) is 0 Å². The van der Waals surface area contributed by atoms with Gasteiger partial charge in [0.15, 0.2) is 0 Å². The topological polar surface area (TPSA) is 61.1 Å². The molecule has 0 fully saturated rings. The van der Waals surface area contributed by atoms with Crippen LogP contribution >= 0.6 is 0 Å². The van der Waals surface area contributed by atoms with E-state index in [4.69, 9.17) is 10.4 Å². The molecule has 0 aromatic heterocycles. The minimum absolute atomic E-state index is 0.0642. The number of nitrogens with zero attached hydrogens (tertiary/aromatic N) is 1. The Hall–Kier alpha value is -1.96. The lowest BCUT2D eigenvalue weighted by Crippen LogP contribution is -2.06. The van der Waals surface area contributed by atoms with Crippen LogP contribution in [0.15, 0.2) is 12.1 Å². The van der Waals surface area contributed by atoms with Crippen molar-refractivity contribution in [1.82, 2.24) is 0 Å². The Bertz CT molecular complexity index is 449. The molecule has 0 radical (unpaired) electrons. The average Bonchev–Trinajstić information content (AvgIpc) is 2.15. The van der Waals surface area contributed by atoms with Gasteiger partial charge in [-0.15, -0.1) is 0 Å². The zero-order valence-electron chi connectivity index (χ0n) is 7.79. The van der Waals surface area contributed by atoms with Crippen LogP contribution in [0.1, 0.15) is 33.5 Å². The Labute approximate surface area is 84.6 Å². The lowest BCUT2D eigenvalue weighted by atomic mass is 9.99. The van der Waals surface area contributed by atoms with E-state index in [1.54, 1.807) is 6.07 Å². The Morgan fingerprint density at radius 2 is 2.13 bits per heavy atom. The highest BCUT2D eigenvalue weighted by Gasteiger charge is 2.21. The maximum atomic E-state index is 12.5. The first-order valence-corrected chi connectivity index (χ1v) is 4.03. The molecule has 0 aliphatic heterocycles. The molecule has 0 saturated carbocycles. The number of carboxylic acid groups (broad SMARTS) is 1. The highest BCUT2D eigenvalue weighted by atomic mass is 19.3. The van der Waals surface area contributed by atoms with Gasteiger partial charge in [0.05, 0.1) is 17.2 Å². The summed E-state index contributed by atoms with van der Waals surface area (Å²) >= 11 is 0. The minimum Gasteiger partial charge on any atom is -0.478 e. The molecule has 5 heteroatoms. The number of benzene rings is 1. The molecule has 1 N–H and O–H groups in total. The maximum absolute atomic E-state index is 12.5. The first-order valence-electron chi connectivity index (χ1n) is 4.03. The van der Waals surface area contributed by atoms with Gasteiger partial charge in [-0.2, -0.15) is 5.26 Å². The SMILES string of the molecule is Cc1cc(C#N)cc(C(=O)O)c1C(F)F. The van der Waals surface area contributed by atoms with Crippen LogP contribution < -0.4 is 0 Å². The van der Waals surface area contributed by atoms with Crippen LogP contribution in [0, 0.1) is 18.3 Å². The summed E-state index contributed by atoms with van der Waals surface area (Å²) in [6, 6.07) is 3.92. The molecule has 15 heavy (non-hydrogen) atoms. The number of carboxylic acids is 1. The fourth-order valence-electron chi connectivity index (χ4n) is 1.33. The minimum atomic E-state index is -2.86. The molecule has 1 rings (SSSR count). The fourth-order valence-corrected chi connectivity index (χ4v) is 1.33. The number of nitriles is 1. The molecule has 0 atom stereocenters. The van der Waals surface area contributed by atoms with E-state index in [9.17, 15) is 13.6 Å². The Balaban J connectivity index is 3.51. The predicted octanol–water partition coefficient (Wildman–Crippen LogP) is 2.50. The zero-order valence-corrected chi connectivity index (χ0v) is 7.79. The first kappa shape index (κ1) is 11.1. The monoisotopic (exact) mass is 211 g/mol. The second-order valence-corrected chi connectivity index (χ2v) is 2.97. The van der Waals surface area contributed by atoms with Gasteiger partial charge >= 0.3 is 5.97 Å². The summed E-state index contributed by atoms with van der Waals surface area (Å²) < 4.78 is 25.1. The van der Waals surface area contributed by atoms with Crippen LogP contribution in [0.25, 0.3) is 0 Å². The molecule has 0 unspecified atom stereocenters. The van der Waals surface area contributed by atoms with E-state index in [2.05, 4.69) is 0 Å². The maximum Gasteiger partial charge on any atom is 0.336 e. The summed E-state index contributed by atoms with van der Waals surface area (Å²) in [5, 5.41) is 17.3. The van der Waals surface area contributed by atoms with Gasteiger partial charge in [-0.3, -0.25) is 0 Å². The fraction of sp³-hybridized carbons (Fsp3) is 0.200. The molecule has 0 aliphatic carbocycles. The number of hydrogen-bond acceptors (Lipinski definition) is 2. The van der Waals surface area contributed by atoms with Gasteiger partial charge in [0.2, 0.25) is 0 Å². The van der Waals surface area contributed by atoms with Crippen molar-refractivity contribution >= 4 is 5.97 Å². The summed E-state index contributed by atoms with van der Waals surface area (Å²) in [6.07, 6.45) is -2.86. The van der Waals surface area contributed by atoms with Crippen LogP contribution in [0.4, 0.5) is 8.78 Å². The van der Waals surface area contributed by atoms with Crippen molar-refractivity contribution in [3.05, 3.63) is 34.4 Å². The second-order valence-electron chi connectivity index (χ2n) is 2.97. The van der Waals surface area contributed by atoms with E-state index in [0.29, 0.717) is 0 Å². The standard InChI is InChI=1S/C10H7F2NO2/c1-5-2-6(4-13)3-7(10(14)15)8(5)9(11)12/h2-3,9H,1H3,(H,14,15). The second kappa shape index (κ2) is 4.05. The van der Waals surface area contributed by atoms with Crippen LogP contribution in [-0.4, -0.2) is 11.1 Å². The molecule has 0 heterocycles. The van der Waals surface area contributed by atoms with Gasteiger partial charge in [-0.25, -0.2) is 13.6 Å². The Morgan fingerprint density at radius 1 is 1.53 bits per heavy atom. The molecule has 0 aliphatic rings. The lowest BCUT2D eigenvalue weighted by molar-refractivity contribution is 0.0684. The Kier molecular flexibility index (Phi) is 3.00. The van der Waals surface area contributed by atoms with E-state index in [1.807, 2.05) is 0 Å². The molecule has 78 valence electrons. The van der Waals surface area contributed by atoms with Crippen molar-refractivity contribution in [3.63, 3.8) is 0 Å². The summed E-state index contributed by atoms with van der Waals surface area (Å²) in [5.41, 5.74) is -0.862. The van der Waals surface area contributed by atoms with E-state index in [-0.39, 0.29) is 11.1 Å². The quantitative estimate of drug-likeness (QED) is 0.817. The van der Waals surface area contributed by atoms with Gasteiger partial charge in [-0.05, 0) is 24.6 Å². The van der Waals surface area contributed by atoms with Crippen molar-refractivity contribution in [3.8, 4) is 6.07 Å². The number of aromatic carboxylic acids is 1. The number of halogens is 2. The van der Waals surface area contributed by atoms with Crippen molar-refractivity contribution < 1.29 is 18.7 Å². The van der Waals surface area contributed by atoms with Crippen molar-refractivity contribution in [2.75, 3.05) is 0 Å². The van der Waals surface area contributed by atoms with E-state index >= 15 is 0 Å². The summed E-state index contributed by atoms with van der Waals surface area (Å²) in [6.45, 7) is 1.36. The number of hydrogen-bond donors (Lipinski definition) is 1. The molecule has 0 saturated heterocycles. The molecule has 0 bridgehead atoms. The molecule has 0 spiro atoms. The van der Waals surface area contributed by atoms with Crippen molar-refractivity contribution in [2.45, 2.75) is 13.3 Å². The molecular weight excluding hydrogens is 204 g/mol. The predicted molar refractivity (Wildman–Crippen MR) is 47.8 cm³/mol. The summed E-state index contributed by atoms with van der Waals surface area (Å²) in [4.78, 5) is 10.7. The molecule has 1 aromatic rings. The summed E-state index contributed by atoms with van der Waals surface area (Å²) in [5.74, 6) is -1.45. The number of aryl methyl sites for hydroxylation is 1. The third-order valence-corrected chi connectivity index (χ3v) is 1.96. The third kappa shape index (κ3) is 2.10. The third-order valence-electron chi connectivity index (χ3n) is 1.96. The normalized spacial score (nSPS) is 10.1. The van der Waals surface area contributed by atoms with Crippen molar-refractivity contribution in [1.29, 1.82) is 5.26 Å². The lowest BCUT2D eigenvalue weighted by Gasteiger charge is -2.08. The highest BCUT2D eigenvalue weighted by Crippen LogP contribution is 2.27. The first-order chi connectivity index (χ1) is 6.97. The Morgan fingerprint density at radius 3 is 2.53 bits per heavy atom. The van der Waals surface area contributed by atoms with Crippen LogP contribution in [-0.2, 0) is 0 Å². The van der Waals surface area contributed by atoms with E-state index < -0.39 is 23.5 Å². The number of carbonyl (C=O) groups is 1. The van der Waals surface area contributed by atoms with E-state index in [0.717, 1.165) is 6.07 Å². The smallest absolute Gasteiger partial charge is 0.336 e. The summed E-state index contributed by atoms with van der Waals surface area (Å²) in [7, 11) is 0. The van der Waals surface area contributed by atoms with Gasteiger partial charge in [0, 0.05) is 5.56 Å². The molecule has 0 amide bonds. The molecule has 1 aromatic carbocycles. The van der Waals surface area contributed by atoms with Crippen LogP contribution in [0.3, 0.4) is 0 Å². The van der Waals surface area contributed by atoms with E-state index in [1.165, 1.54) is 13.0 Å². The molecular formula is C10H7F2NO2. The number of alkyl halides is 2. The van der Waals surface area contributed by atoms with Gasteiger partial charge in [0.25, 0.3) is 6.43 Å². The van der Waals surface area contributed by atoms with Gasteiger partial charge < -0.3 is 5.11 Å².